The first kappa shape index (κ1) is 22.5. The second-order valence-electron chi connectivity index (χ2n) is 8.05. The van der Waals surface area contributed by atoms with Crippen LogP contribution < -0.4 is 4.74 Å². The molecule has 164 valence electrons. The molecular formula is C23H30O7. The number of hydrogen-bond donors (Lipinski definition) is 3. The molecule has 3 N–H and O–H groups in total. The van der Waals surface area contributed by atoms with Crippen LogP contribution in [0.5, 0.6) is 5.75 Å². The molecule has 0 amide bonds. The number of carbonyl (C=O) groups excluding carboxylic acids is 1. The molecule has 1 unspecified atom stereocenters. The third-order valence-corrected chi connectivity index (χ3v) is 5.82. The Labute approximate surface area is 176 Å². The summed E-state index contributed by atoms with van der Waals surface area (Å²) in [4.78, 5) is 22.9. The number of carbonyl (C=O) groups is 2. The zero-order chi connectivity index (χ0) is 21.5. The van der Waals surface area contributed by atoms with E-state index in [9.17, 15) is 19.8 Å². The van der Waals surface area contributed by atoms with E-state index in [2.05, 4.69) is 0 Å². The monoisotopic (exact) mass is 418 g/mol. The quantitative estimate of drug-likeness (QED) is 0.395. The second-order valence-corrected chi connectivity index (χ2v) is 8.05. The van der Waals surface area contributed by atoms with Crippen molar-refractivity contribution in [2.45, 2.75) is 70.1 Å². The average molecular weight is 418 g/mol. The summed E-state index contributed by atoms with van der Waals surface area (Å²) >= 11 is 0. The number of carboxylic acids is 1. The van der Waals surface area contributed by atoms with Crippen LogP contribution in [0.4, 0.5) is 0 Å². The molecule has 1 heterocycles. The van der Waals surface area contributed by atoms with Gasteiger partial charge in [-0.3, -0.25) is 9.59 Å². The Morgan fingerprint density at radius 3 is 2.77 bits per heavy atom. The maximum atomic E-state index is 12.3. The van der Waals surface area contributed by atoms with Gasteiger partial charge in [-0.05, 0) is 18.9 Å². The molecule has 1 aliphatic heterocycles. The van der Waals surface area contributed by atoms with Gasteiger partial charge in [-0.15, -0.1) is 0 Å². The van der Waals surface area contributed by atoms with Gasteiger partial charge in [0.15, 0.2) is 0 Å². The standard InChI is InChI=1S/C23H30O7/c24-18(23-29-14-15-7-5-6-9-21(15)30-23)12-11-17-16(19(25)13-20(17)26)8-3-1-2-4-10-22(27)28/h5-7,9,11-12,16-18,20,23-24,26H,1-4,8,10,13-14H2,(H,27,28)/t16-,17-,18-,20-,23?/m1/s1. The number of Topliss-reactive ketones (excluding diaryl/α,β-unsaturated/α-hetero) is 1. The molecule has 0 spiro atoms. The molecule has 1 aliphatic carbocycles. The van der Waals surface area contributed by atoms with E-state index in [1.807, 2.05) is 24.3 Å². The van der Waals surface area contributed by atoms with Gasteiger partial charge in [0, 0.05) is 30.2 Å². The fourth-order valence-corrected chi connectivity index (χ4v) is 4.16. The summed E-state index contributed by atoms with van der Waals surface area (Å²) in [5.41, 5.74) is 0.921. The number of fused-ring (bicyclic) bond motifs is 1. The van der Waals surface area contributed by atoms with E-state index in [-0.39, 0.29) is 30.5 Å². The van der Waals surface area contributed by atoms with Gasteiger partial charge in [0.25, 0.3) is 0 Å². The predicted molar refractivity (Wildman–Crippen MR) is 109 cm³/mol. The Kier molecular flexibility index (Phi) is 8.01. The zero-order valence-corrected chi connectivity index (χ0v) is 17.0. The van der Waals surface area contributed by atoms with Crippen LogP contribution >= 0.6 is 0 Å². The van der Waals surface area contributed by atoms with Crippen molar-refractivity contribution >= 4 is 11.8 Å². The number of aliphatic hydroxyl groups is 2. The van der Waals surface area contributed by atoms with Crippen LogP contribution in [0.25, 0.3) is 0 Å². The number of aliphatic carboxylic acids is 1. The number of ketones is 1. The van der Waals surface area contributed by atoms with Gasteiger partial charge < -0.3 is 24.8 Å². The Morgan fingerprint density at radius 1 is 1.20 bits per heavy atom. The van der Waals surface area contributed by atoms with E-state index < -0.39 is 24.5 Å². The van der Waals surface area contributed by atoms with Crippen LogP contribution in [0, 0.1) is 11.8 Å². The summed E-state index contributed by atoms with van der Waals surface area (Å²) in [5, 5.41) is 29.4. The third-order valence-electron chi connectivity index (χ3n) is 5.82. The van der Waals surface area contributed by atoms with Crippen molar-refractivity contribution in [3.8, 4) is 5.75 Å². The van der Waals surface area contributed by atoms with E-state index in [0.717, 1.165) is 24.8 Å². The zero-order valence-electron chi connectivity index (χ0n) is 17.0. The number of hydrogen-bond acceptors (Lipinski definition) is 6. The molecule has 0 bridgehead atoms. The van der Waals surface area contributed by atoms with Crippen molar-refractivity contribution in [1.82, 2.24) is 0 Å². The number of para-hydroxylation sites is 1. The molecule has 1 fully saturated rings. The summed E-state index contributed by atoms with van der Waals surface area (Å²) in [5.74, 6) is -0.699. The molecule has 1 saturated carbocycles. The maximum Gasteiger partial charge on any atom is 0.303 e. The van der Waals surface area contributed by atoms with Crippen molar-refractivity contribution in [1.29, 1.82) is 0 Å². The molecule has 0 aromatic heterocycles. The highest BCUT2D eigenvalue weighted by Gasteiger charge is 2.39. The fraction of sp³-hybridized carbons (Fsp3) is 0.565. The number of unbranched alkanes of at least 4 members (excludes halogenated alkanes) is 3. The smallest absolute Gasteiger partial charge is 0.303 e. The van der Waals surface area contributed by atoms with E-state index in [1.54, 1.807) is 12.2 Å². The molecule has 0 saturated heterocycles. The molecular weight excluding hydrogens is 388 g/mol. The molecule has 1 aromatic rings. The van der Waals surface area contributed by atoms with E-state index in [0.29, 0.717) is 25.2 Å². The number of rotatable bonds is 10. The Balaban J connectivity index is 1.51. The highest BCUT2D eigenvalue weighted by atomic mass is 16.7. The van der Waals surface area contributed by atoms with Crippen LogP contribution in [0.15, 0.2) is 36.4 Å². The molecule has 0 radical (unpaired) electrons. The maximum absolute atomic E-state index is 12.3. The van der Waals surface area contributed by atoms with Gasteiger partial charge >= 0.3 is 5.97 Å². The lowest BCUT2D eigenvalue weighted by Gasteiger charge is -2.28. The fourth-order valence-electron chi connectivity index (χ4n) is 4.16. The Hall–Kier alpha value is -2.22. The minimum absolute atomic E-state index is 0.0382. The number of benzene rings is 1. The lowest BCUT2D eigenvalue weighted by molar-refractivity contribution is -0.152. The highest BCUT2D eigenvalue weighted by molar-refractivity contribution is 5.84. The number of carboxylic acid groups (broad SMARTS) is 1. The highest BCUT2D eigenvalue weighted by Crippen LogP contribution is 2.35. The third kappa shape index (κ3) is 5.90. The molecule has 5 atom stereocenters. The second kappa shape index (κ2) is 10.7. The van der Waals surface area contributed by atoms with Crippen molar-refractivity contribution < 1.29 is 34.4 Å². The topological polar surface area (TPSA) is 113 Å². The Morgan fingerprint density at radius 2 is 1.97 bits per heavy atom. The molecule has 30 heavy (non-hydrogen) atoms. The lowest BCUT2D eigenvalue weighted by Crippen LogP contribution is -2.36. The normalized spacial score (nSPS) is 27.1. The van der Waals surface area contributed by atoms with Gasteiger partial charge in [-0.25, -0.2) is 0 Å². The SMILES string of the molecule is O=C(O)CCCCCC[C@H]1C(=O)C[C@@H](O)[C@@H]1C=C[C@@H](O)C1OCc2ccccc2O1. The van der Waals surface area contributed by atoms with E-state index >= 15 is 0 Å². The number of aliphatic hydroxyl groups excluding tert-OH is 2. The van der Waals surface area contributed by atoms with Gasteiger partial charge in [-0.1, -0.05) is 49.6 Å². The van der Waals surface area contributed by atoms with Gasteiger partial charge in [0.2, 0.25) is 6.29 Å². The van der Waals surface area contributed by atoms with Crippen LogP contribution in [-0.2, 0) is 20.9 Å². The van der Waals surface area contributed by atoms with Crippen molar-refractivity contribution in [2.75, 3.05) is 0 Å². The van der Waals surface area contributed by atoms with Crippen LogP contribution in [0.3, 0.4) is 0 Å². The average Bonchev–Trinajstić information content (AvgIpc) is 3.00. The Bertz CT molecular complexity index is 760. The van der Waals surface area contributed by atoms with Crippen LogP contribution in [-0.4, -0.2) is 45.6 Å². The summed E-state index contributed by atoms with van der Waals surface area (Å²) < 4.78 is 11.3. The van der Waals surface area contributed by atoms with Gasteiger partial charge in [0.05, 0.1) is 12.7 Å². The van der Waals surface area contributed by atoms with E-state index in [1.165, 1.54) is 0 Å². The summed E-state index contributed by atoms with van der Waals surface area (Å²) in [7, 11) is 0. The molecule has 7 heteroatoms. The molecule has 1 aromatic carbocycles. The van der Waals surface area contributed by atoms with E-state index in [4.69, 9.17) is 14.6 Å². The first-order valence-electron chi connectivity index (χ1n) is 10.6. The summed E-state index contributed by atoms with van der Waals surface area (Å²) in [6.07, 6.45) is 4.70. The largest absolute Gasteiger partial charge is 0.481 e. The van der Waals surface area contributed by atoms with Gasteiger partial charge in [-0.2, -0.15) is 0 Å². The minimum Gasteiger partial charge on any atom is -0.481 e. The molecule has 3 rings (SSSR count). The predicted octanol–water partition coefficient (Wildman–Crippen LogP) is 2.83. The van der Waals surface area contributed by atoms with Crippen molar-refractivity contribution in [3.05, 3.63) is 42.0 Å². The minimum atomic E-state index is -1.02. The lowest BCUT2D eigenvalue weighted by atomic mass is 9.88. The van der Waals surface area contributed by atoms with Gasteiger partial charge in [0.1, 0.15) is 17.6 Å². The van der Waals surface area contributed by atoms with Crippen molar-refractivity contribution in [3.63, 3.8) is 0 Å². The van der Waals surface area contributed by atoms with Crippen LogP contribution in [0.2, 0.25) is 0 Å². The molecule has 7 nitrogen and oxygen atoms in total. The van der Waals surface area contributed by atoms with Crippen molar-refractivity contribution in [2.24, 2.45) is 11.8 Å². The summed E-state index contributed by atoms with van der Waals surface area (Å²) in [6.45, 7) is 0.348. The number of ether oxygens (including phenoxy) is 2. The first-order chi connectivity index (χ1) is 14.5. The van der Waals surface area contributed by atoms with Crippen LogP contribution in [0.1, 0.15) is 50.5 Å². The molecule has 2 aliphatic rings. The summed E-state index contributed by atoms with van der Waals surface area (Å²) in [6, 6.07) is 7.48. The first-order valence-corrected chi connectivity index (χ1v) is 10.6.